The summed E-state index contributed by atoms with van der Waals surface area (Å²) < 4.78 is 11.3. The van der Waals surface area contributed by atoms with Gasteiger partial charge in [-0.15, -0.1) is 11.8 Å². The molecule has 3 aliphatic heterocycles. The van der Waals surface area contributed by atoms with Crippen molar-refractivity contribution in [3.8, 4) is 5.75 Å². The molecular weight excluding hydrogens is 639 g/mol. The number of nitrogens with one attached hydrogen (secondary N) is 1. The highest BCUT2D eigenvalue weighted by atomic mass is 32.2. The van der Waals surface area contributed by atoms with Crippen LogP contribution in [-0.4, -0.2) is 65.1 Å². The molecule has 1 aromatic heterocycles. The molecule has 0 radical (unpaired) electrons. The third kappa shape index (κ3) is 4.94. The number of likely N-dealkylation sites (tertiary alicyclic amines) is 1. The number of H-pyrrole nitrogens is 1. The fraction of sp³-hybridized carbons (Fsp3) is 0.457. The number of ether oxygens (including phenoxy) is 2. The van der Waals surface area contributed by atoms with Gasteiger partial charge in [0.05, 0.1) is 34.7 Å². The first-order chi connectivity index (χ1) is 22.9. The van der Waals surface area contributed by atoms with Crippen molar-refractivity contribution in [2.24, 2.45) is 29.6 Å². The molecule has 47 heavy (non-hydrogen) atoms. The largest absolute Gasteiger partial charge is 0.483 e. The number of amides is 3. The number of rotatable bonds is 7. The number of aromatic amines is 1. The molecule has 3 amide bonds. The number of hydrogen-bond donors (Lipinski definition) is 1. The van der Waals surface area contributed by atoms with Crippen molar-refractivity contribution in [3.63, 3.8) is 0 Å². The van der Waals surface area contributed by atoms with Gasteiger partial charge in [-0.3, -0.25) is 24.1 Å². The third-order valence-electron chi connectivity index (χ3n) is 10.7. The molecule has 1 N–H and O–H groups in total. The van der Waals surface area contributed by atoms with Gasteiger partial charge in [-0.2, -0.15) is 0 Å². The summed E-state index contributed by atoms with van der Waals surface area (Å²) in [5.74, 6) is -1.51. The molecule has 4 fully saturated rings. The number of hydrogen-bond acceptors (Lipinski definition) is 9. The third-order valence-corrected chi connectivity index (χ3v) is 13.3. The molecule has 0 spiro atoms. The normalized spacial score (nSPS) is 29.0. The van der Waals surface area contributed by atoms with Crippen LogP contribution in [0.15, 0.2) is 58.4 Å². The van der Waals surface area contributed by atoms with E-state index in [0.717, 1.165) is 54.2 Å². The number of imide groups is 1. The van der Waals surface area contributed by atoms with Crippen LogP contribution in [0, 0.1) is 29.6 Å². The van der Waals surface area contributed by atoms with Gasteiger partial charge in [-0.25, -0.2) is 4.79 Å². The van der Waals surface area contributed by atoms with Crippen molar-refractivity contribution in [2.45, 2.75) is 48.8 Å². The number of carbonyl (C=O) groups is 4. The number of esters is 1. The number of nitrogens with zero attached hydrogens (tertiary/aromatic N) is 2. The Labute approximate surface area is 279 Å². The number of benzene rings is 2. The zero-order chi connectivity index (χ0) is 32.4. The topological polar surface area (TPSA) is 126 Å². The number of thioether (sulfide) groups is 1. The molecule has 2 aliphatic carbocycles. The van der Waals surface area contributed by atoms with Crippen LogP contribution < -0.4 is 14.5 Å². The fourth-order valence-corrected chi connectivity index (χ4v) is 11.7. The Morgan fingerprint density at radius 1 is 0.936 bits per heavy atom. The van der Waals surface area contributed by atoms with Crippen LogP contribution in [0.5, 0.6) is 5.75 Å². The van der Waals surface area contributed by atoms with Gasteiger partial charge in [0.2, 0.25) is 11.8 Å². The molecule has 2 saturated carbocycles. The maximum Gasteiger partial charge on any atom is 0.338 e. The van der Waals surface area contributed by atoms with E-state index in [4.69, 9.17) is 9.47 Å². The quantitative estimate of drug-likeness (QED) is 0.283. The summed E-state index contributed by atoms with van der Waals surface area (Å²) in [5, 5.41) is 0.840. The summed E-state index contributed by atoms with van der Waals surface area (Å²) in [6, 6.07) is 14.2. The average molecular weight is 674 g/mol. The standard InChI is InChI=1S/C35H35N3O7S2/c1-2-44-34(42)18-10-12-19(13-11-18)38-32(40)27-21-16-22(28(27)33(38)41)29-26(21)25(30-31(46-29)36-35(43)47-30)20-8-4-5-9-23(20)45-17-24(39)37-14-6-3-7-15-37/h4-5,8-13,21-22,25-29H,2-3,6-7,14-17H2,1H3,(H,36,43)/t21-,22-,25+,26-,27+,28+,29-/m1/s1. The minimum absolute atomic E-state index is 0.00404. The lowest BCUT2D eigenvalue weighted by atomic mass is 9.68. The van der Waals surface area contributed by atoms with Gasteiger partial charge in [0.15, 0.2) is 6.61 Å². The summed E-state index contributed by atoms with van der Waals surface area (Å²) >= 11 is 2.83. The van der Waals surface area contributed by atoms with Crippen molar-refractivity contribution >= 4 is 52.5 Å². The van der Waals surface area contributed by atoms with E-state index < -0.39 is 17.8 Å². The molecule has 10 nitrogen and oxygen atoms in total. The average Bonchev–Trinajstić information content (AvgIpc) is 3.83. The van der Waals surface area contributed by atoms with Crippen LogP contribution in [0.3, 0.4) is 0 Å². The highest BCUT2D eigenvalue weighted by molar-refractivity contribution is 8.00. The minimum atomic E-state index is -0.465. The van der Waals surface area contributed by atoms with Crippen molar-refractivity contribution in [2.75, 3.05) is 31.2 Å². The van der Waals surface area contributed by atoms with Gasteiger partial charge in [0.25, 0.3) is 5.91 Å². The maximum absolute atomic E-state index is 14.2. The lowest BCUT2D eigenvalue weighted by Gasteiger charge is -2.43. The van der Waals surface area contributed by atoms with E-state index in [9.17, 15) is 24.0 Å². The number of piperidine rings is 1. The van der Waals surface area contributed by atoms with Crippen LogP contribution in [0.4, 0.5) is 5.69 Å². The maximum atomic E-state index is 14.2. The lowest BCUT2D eigenvalue weighted by Crippen LogP contribution is -2.43. The van der Waals surface area contributed by atoms with Gasteiger partial charge < -0.3 is 19.4 Å². The Kier molecular flexibility index (Phi) is 7.75. The Balaban J connectivity index is 1.11. The van der Waals surface area contributed by atoms with E-state index in [0.29, 0.717) is 17.0 Å². The van der Waals surface area contributed by atoms with Crippen LogP contribution in [0.2, 0.25) is 0 Å². The SMILES string of the molecule is CCOC(=O)c1ccc(N2C(=O)[C@H]3[C@H]4C[C@@H]([C@@H]3C2=O)[C@@H]2[C@H](c3ccccc3OCC(=O)N3CCCCC3)c3sc(=O)[nH]c3S[C@H]42)cc1. The second-order valence-electron chi connectivity index (χ2n) is 13.0. The van der Waals surface area contributed by atoms with E-state index in [2.05, 4.69) is 4.98 Å². The van der Waals surface area contributed by atoms with Gasteiger partial charge in [-0.1, -0.05) is 29.5 Å². The monoisotopic (exact) mass is 673 g/mol. The summed E-state index contributed by atoms with van der Waals surface area (Å²) in [6.45, 7) is 3.43. The molecule has 5 aliphatic rings. The number of carbonyl (C=O) groups excluding carboxylic acids is 4. The second-order valence-corrected chi connectivity index (χ2v) is 15.2. The number of thiazole rings is 1. The van der Waals surface area contributed by atoms with Crippen LogP contribution >= 0.6 is 23.1 Å². The summed E-state index contributed by atoms with van der Waals surface area (Å²) in [6.07, 6.45) is 3.90. The lowest BCUT2D eigenvalue weighted by molar-refractivity contribution is -0.134. The molecule has 2 aromatic carbocycles. The number of anilines is 1. The Hall–Kier alpha value is -3.90. The van der Waals surface area contributed by atoms with Crippen LogP contribution in [0.25, 0.3) is 0 Å². The van der Waals surface area contributed by atoms with Crippen molar-refractivity contribution in [1.29, 1.82) is 0 Å². The van der Waals surface area contributed by atoms with Crippen molar-refractivity contribution in [3.05, 3.63) is 74.2 Å². The second kappa shape index (κ2) is 12.0. The van der Waals surface area contributed by atoms with E-state index in [-0.39, 0.29) is 64.7 Å². The molecule has 4 heterocycles. The first kappa shape index (κ1) is 30.4. The fourth-order valence-electron chi connectivity index (χ4n) is 8.82. The molecule has 3 aromatic rings. The Bertz CT molecular complexity index is 1810. The predicted octanol–water partition coefficient (Wildman–Crippen LogP) is 4.68. The first-order valence-corrected chi connectivity index (χ1v) is 18.1. The minimum Gasteiger partial charge on any atom is -0.483 e. The van der Waals surface area contributed by atoms with Crippen LogP contribution in [-0.2, 0) is 19.1 Å². The molecule has 8 rings (SSSR count). The zero-order valence-corrected chi connectivity index (χ0v) is 27.5. The molecule has 2 bridgehead atoms. The first-order valence-electron chi connectivity index (χ1n) is 16.4. The summed E-state index contributed by atoms with van der Waals surface area (Å²) in [4.78, 5) is 73.1. The predicted molar refractivity (Wildman–Crippen MR) is 176 cm³/mol. The van der Waals surface area contributed by atoms with Gasteiger partial charge in [0.1, 0.15) is 5.75 Å². The van der Waals surface area contributed by atoms with Gasteiger partial charge in [-0.05, 0) is 80.7 Å². The van der Waals surface area contributed by atoms with Crippen molar-refractivity contribution < 1.29 is 28.7 Å². The molecule has 2 saturated heterocycles. The Morgan fingerprint density at radius 3 is 2.40 bits per heavy atom. The van der Waals surface area contributed by atoms with Gasteiger partial charge >= 0.3 is 10.8 Å². The van der Waals surface area contributed by atoms with Gasteiger partial charge in [0, 0.05) is 34.7 Å². The van der Waals surface area contributed by atoms with E-state index in [1.165, 1.54) is 16.2 Å². The van der Waals surface area contributed by atoms with E-state index >= 15 is 0 Å². The molecule has 0 unspecified atom stereocenters. The van der Waals surface area contributed by atoms with Crippen molar-refractivity contribution in [1.82, 2.24) is 9.88 Å². The zero-order valence-electron chi connectivity index (χ0n) is 25.9. The van der Waals surface area contributed by atoms with E-state index in [1.807, 2.05) is 29.2 Å². The molecular formula is C35H35N3O7S2. The smallest absolute Gasteiger partial charge is 0.338 e. The molecule has 244 valence electrons. The highest BCUT2D eigenvalue weighted by Gasteiger charge is 2.69. The highest BCUT2D eigenvalue weighted by Crippen LogP contribution is 2.69. The summed E-state index contributed by atoms with van der Waals surface area (Å²) in [5.41, 5.74) is 1.71. The molecule has 7 atom stereocenters. The van der Waals surface area contributed by atoms with Crippen LogP contribution in [0.1, 0.15) is 59.3 Å². The number of aromatic nitrogens is 1. The summed E-state index contributed by atoms with van der Waals surface area (Å²) in [7, 11) is 0. The van der Waals surface area contributed by atoms with E-state index in [1.54, 1.807) is 43.0 Å². The number of para-hydroxylation sites is 1. The number of fused-ring (bicyclic) bond motifs is 9. The Morgan fingerprint density at radius 2 is 1.66 bits per heavy atom. The molecule has 12 heteroatoms.